The van der Waals surface area contributed by atoms with Crippen LogP contribution in [0.3, 0.4) is 0 Å². The van der Waals surface area contributed by atoms with Gasteiger partial charge < -0.3 is 19.3 Å². The average molecular weight is 516 g/mol. The molecule has 4 rings (SSSR count). The smallest absolute Gasteiger partial charge is 0.300 e. The van der Waals surface area contributed by atoms with E-state index >= 15 is 0 Å². The number of aryl methyl sites for hydroxylation is 1. The van der Waals surface area contributed by atoms with Crippen LogP contribution in [0.5, 0.6) is 17.2 Å². The Balaban J connectivity index is 1.97. The molecule has 198 valence electrons. The Morgan fingerprint density at radius 2 is 1.74 bits per heavy atom. The molecule has 7 nitrogen and oxygen atoms in total. The number of anilines is 1. The van der Waals surface area contributed by atoms with E-state index in [0.29, 0.717) is 40.7 Å². The molecule has 1 saturated heterocycles. The number of Topliss-reactive ketones (excluding diaryl/α,β-unsaturated/α-hetero) is 1. The fraction of sp³-hybridized carbons (Fsp3) is 0.290. The molecule has 0 radical (unpaired) electrons. The molecule has 1 heterocycles. The van der Waals surface area contributed by atoms with Gasteiger partial charge in [-0.05, 0) is 81.6 Å². The highest BCUT2D eigenvalue weighted by atomic mass is 16.5. The SMILES string of the molecule is CCOc1cc(C2/C(=C(\O)c3cccc(OC(C)C)c3)C(=O)C(=O)N2c2cccc(C)c2C)ccc1OC. The van der Waals surface area contributed by atoms with Gasteiger partial charge in [0, 0.05) is 11.3 Å². The number of methoxy groups -OCH3 is 1. The highest BCUT2D eigenvalue weighted by Gasteiger charge is 2.47. The number of ketones is 1. The van der Waals surface area contributed by atoms with Crippen LogP contribution in [0.25, 0.3) is 5.76 Å². The number of aliphatic hydroxyl groups excluding tert-OH is 1. The second-order valence-corrected chi connectivity index (χ2v) is 9.43. The van der Waals surface area contributed by atoms with Gasteiger partial charge in [-0.25, -0.2) is 0 Å². The van der Waals surface area contributed by atoms with E-state index in [9.17, 15) is 14.7 Å². The zero-order valence-electron chi connectivity index (χ0n) is 22.6. The van der Waals surface area contributed by atoms with Crippen molar-refractivity contribution in [2.24, 2.45) is 0 Å². The van der Waals surface area contributed by atoms with Gasteiger partial charge in [0.15, 0.2) is 11.5 Å². The van der Waals surface area contributed by atoms with Gasteiger partial charge in [0.2, 0.25) is 0 Å². The zero-order chi connectivity index (χ0) is 27.6. The quantitative estimate of drug-likeness (QED) is 0.221. The summed E-state index contributed by atoms with van der Waals surface area (Å²) < 4.78 is 17.0. The van der Waals surface area contributed by atoms with Gasteiger partial charge in [-0.2, -0.15) is 0 Å². The molecule has 0 saturated carbocycles. The van der Waals surface area contributed by atoms with Gasteiger partial charge in [0.05, 0.1) is 31.4 Å². The molecule has 0 bridgehead atoms. The predicted molar refractivity (Wildman–Crippen MR) is 147 cm³/mol. The van der Waals surface area contributed by atoms with Crippen LogP contribution in [0.4, 0.5) is 5.69 Å². The van der Waals surface area contributed by atoms with Crippen LogP contribution in [0.1, 0.15) is 49.1 Å². The number of carbonyl (C=O) groups excluding carboxylic acids is 2. The maximum atomic E-state index is 13.6. The fourth-order valence-corrected chi connectivity index (χ4v) is 4.67. The lowest BCUT2D eigenvalue weighted by Gasteiger charge is -2.28. The molecule has 1 unspecified atom stereocenters. The lowest BCUT2D eigenvalue weighted by atomic mass is 9.94. The van der Waals surface area contributed by atoms with Crippen molar-refractivity contribution < 1.29 is 28.9 Å². The van der Waals surface area contributed by atoms with E-state index < -0.39 is 17.7 Å². The first-order valence-corrected chi connectivity index (χ1v) is 12.6. The summed E-state index contributed by atoms with van der Waals surface area (Å²) in [7, 11) is 1.55. The van der Waals surface area contributed by atoms with Crippen LogP contribution in [0, 0.1) is 13.8 Å². The van der Waals surface area contributed by atoms with Gasteiger partial charge in [-0.3, -0.25) is 14.5 Å². The Kier molecular flexibility index (Phi) is 7.76. The van der Waals surface area contributed by atoms with Crippen molar-refractivity contribution in [2.45, 2.75) is 46.8 Å². The molecule has 1 atom stereocenters. The minimum Gasteiger partial charge on any atom is -0.507 e. The molecule has 3 aromatic carbocycles. The molecule has 1 aliphatic rings. The Bertz CT molecular complexity index is 1410. The van der Waals surface area contributed by atoms with Crippen LogP contribution in [0.2, 0.25) is 0 Å². The third kappa shape index (κ3) is 4.96. The average Bonchev–Trinajstić information content (AvgIpc) is 3.15. The highest BCUT2D eigenvalue weighted by Crippen LogP contribution is 2.45. The number of carbonyl (C=O) groups is 2. The highest BCUT2D eigenvalue weighted by molar-refractivity contribution is 6.51. The molecule has 1 aliphatic heterocycles. The standard InChI is InChI=1S/C31H33NO6/c1-7-37-26-17-21(14-15-25(26)36-6)28-27(29(33)22-11-9-12-23(16-22)38-18(2)3)30(34)31(35)32(28)24-13-8-10-19(4)20(24)5/h8-18,28,33H,7H2,1-6H3/b29-27+. The summed E-state index contributed by atoms with van der Waals surface area (Å²) >= 11 is 0. The van der Waals surface area contributed by atoms with Crippen LogP contribution < -0.4 is 19.1 Å². The molecule has 3 aromatic rings. The van der Waals surface area contributed by atoms with E-state index in [1.807, 2.05) is 52.8 Å². The Hall–Kier alpha value is -4.26. The van der Waals surface area contributed by atoms with Crippen molar-refractivity contribution in [3.8, 4) is 17.2 Å². The number of hydrogen-bond acceptors (Lipinski definition) is 6. The fourth-order valence-electron chi connectivity index (χ4n) is 4.67. The number of hydrogen-bond donors (Lipinski definition) is 1. The van der Waals surface area contributed by atoms with Crippen molar-refractivity contribution in [1.29, 1.82) is 0 Å². The monoisotopic (exact) mass is 515 g/mol. The normalized spacial score (nSPS) is 16.7. The third-order valence-corrected chi connectivity index (χ3v) is 6.56. The number of amides is 1. The Morgan fingerprint density at radius 1 is 1.00 bits per heavy atom. The number of benzene rings is 3. The molecule has 1 fully saturated rings. The summed E-state index contributed by atoms with van der Waals surface area (Å²) in [6.45, 7) is 9.93. The van der Waals surface area contributed by atoms with Crippen molar-refractivity contribution in [3.05, 3.63) is 88.5 Å². The predicted octanol–water partition coefficient (Wildman–Crippen LogP) is 6.12. The number of aliphatic hydroxyl groups is 1. The first-order valence-electron chi connectivity index (χ1n) is 12.6. The largest absolute Gasteiger partial charge is 0.507 e. The van der Waals surface area contributed by atoms with Crippen LogP contribution in [-0.4, -0.2) is 36.6 Å². The molecule has 1 amide bonds. The van der Waals surface area contributed by atoms with E-state index in [2.05, 4.69) is 0 Å². The van der Waals surface area contributed by atoms with E-state index in [0.717, 1.165) is 11.1 Å². The third-order valence-electron chi connectivity index (χ3n) is 6.56. The lowest BCUT2D eigenvalue weighted by Crippen LogP contribution is -2.30. The number of ether oxygens (including phenoxy) is 3. The van der Waals surface area contributed by atoms with Gasteiger partial charge in [0.25, 0.3) is 11.7 Å². The van der Waals surface area contributed by atoms with Crippen LogP contribution in [0.15, 0.2) is 66.2 Å². The van der Waals surface area contributed by atoms with Crippen molar-refractivity contribution >= 4 is 23.1 Å². The maximum absolute atomic E-state index is 13.6. The van der Waals surface area contributed by atoms with Gasteiger partial charge in [0.1, 0.15) is 11.5 Å². The molecule has 0 spiro atoms. The summed E-state index contributed by atoms with van der Waals surface area (Å²) in [4.78, 5) is 28.6. The second kappa shape index (κ2) is 11.0. The van der Waals surface area contributed by atoms with Crippen LogP contribution in [-0.2, 0) is 9.59 Å². The van der Waals surface area contributed by atoms with Gasteiger partial charge in [-0.1, -0.05) is 30.3 Å². The molecule has 7 heteroatoms. The van der Waals surface area contributed by atoms with E-state index in [4.69, 9.17) is 14.2 Å². The van der Waals surface area contributed by atoms with Gasteiger partial charge in [-0.15, -0.1) is 0 Å². The molecular weight excluding hydrogens is 482 g/mol. The minimum atomic E-state index is -0.893. The number of nitrogens with zero attached hydrogens (tertiary/aromatic N) is 1. The maximum Gasteiger partial charge on any atom is 0.300 e. The first kappa shape index (κ1) is 26.8. The molecular formula is C31H33NO6. The van der Waals surface area contributed by atoms with E-state index in [1.54, 1.807) is 49.6 Å². The Labute approximate surface area is 223 Å². The van der Waals surface area contributed by atoms with Crippen LogP contribution >= 0.6 is 0 Å². The second-order valence-electron chi connectivity index (χ2n) is 9.43. The van der Waals surface area contributed by atoms with Crippen molar-refractivity contribution in [2.75, 3.05) is 18.6 Å². The minimum absolute atomic E-state index is 0.00906. The first-order chi connectivity index (χ1) is 18.2. The summed E-state index contributed by atoms with van der Waals surface area (Å²) in [5.41, 5.74) is 3.42. The van der Waals surface area contributed by atoms with E-state index in [1.165, 1.54) is 4.90 Å². The zero-order valence-corrected chi connectivity index (χ0v) is 22.6. The molecule has 38 heavy (non-hydrogen) atoms. The van der Waals surface area contributed by atoms with Crippen molar-refractivity contribution in [1.82, 2.24) is 0 Å². The van der Waals surface area contributed by atoms with Gasteiger partial charge >= 0.3 is 0 Å². The van der Waals surface area contributed by atoms with Crippen molar-refractivity contribution in [3.63, 3.8) is 0 Å². The summed E-state index contributed by atoms with van der Waals surface area (Å²) in [5.74, 6) is -0.202. The lowest BCUT2D eigenvalue weighted by molar-refractivity contribution is -0.132. The molecule has 0 aliphatic carbocycles. The topological polar surface area (TPSA) is 85.3 Å². The Morgan fingerprint density at radius 3 is 2.42 bits per heavy atom. The summed E-state index contributed by atoms with van der Waals surface area (Å²) in [6.07, 6.45) is -0.0708. The summed E-state index contributed by atoms with van der Waals surface area (Å²) in [5, 5.41) is 11.5. The van der Waals surface area contributed by atoms with E-state index in [-0.39, 0.29) is 17.4 Å². The molecule has 1 N–H and O–H groups in total. The number of rotatable bonds is 8. The summed E-state index contributed by atoms with van der Waals surface area (Å²) in [6, 6.07) is 16.8. The molecule has 0 aromatic heterocycles.